The van der Waals surface area contributed by atoms with E-state index in [1.165, 1.54) is 32.1 Å². The van der Waals surface area contributed by atoms with Gasteiger partial charge in [-0.1, -0.05) is 19.3 Å². The minimum Gasteiger partial charge on any atom is -0.379 e. The van der Waals surface area contributed by atoms with Gasteiger partial charge < -0.3 is 20.7 Å². The Balaban J connectivity index is 1.65. The first kappa shape index (κ1) is 19.5. The maximum absolute atomic E-state index is 6.06. The summed E-state index contributed by atoms with van der Waals surface area (Å²) in [4.78, 5) is 9.39. The average Bonchev–Trinajstić information content (AvgIpc) is 2.60. The van der Waals surface area contributed by atoms with Crippen molar-refractivity contribution in [1.29, 1.82) is 0 Å². The van der Waals surface area contributed by atoms with Crippen LogP contribution < -0.4 is 11.1 Å². The highest BCUT2D eigenvalue weighted by Gasteiger charge is 2.24. The lowest BCUT2D eigenvalue weighted by Crippen LogP contribution is -2.41. The zero-order chi connectivity index (χ0) is 17.2. The van der Waals surface area contributed by atoms with E-state index in [-0.39, 0.29) is 0 Å². The molecule has 140 valence electrons. The molecule has 1 aliphatic heterocycles. The van der Waals surface area contributed by atoms with Gasteiger partial charge in [-0.3, -0.25) is 9.89 Å². The third-order valence-electron chi connectivity index (χ3n) is 5.37. The van der Waals surface area contributed by atoms with E-state index in [0.29, 0.717) is 12.0 Å². The largest absolute Gasteiger partial charge is 0.379 e. The van der Waals surface area contributed by atoms with Crippen molar-refractivity contribution in [2.24, 2.45) is 16.6 Å². The van der Waals surface area contributed by atoms with Crippen LogP contribution in [0.4, 0.5) is 0 Å². The summed E-state index contributed by atoms with van der Waals surface area (Å²) in [6.45, 7) is 6.63. The summed E-state index contributed by atoms with van der Waals surface area (Å²) in [5.41, 5.74) is 6.06. The summed E-state index contributed by atoms with van der Waals surface area (Å²) in [5, 5.41) is 3.27. The molecule has 3 N–H and O–H groups in total. The normalized spacial score (nSPS) is 22.7. The van der Waals surface area contributed by atoms with Crippen molar-refractivity contribution < 1.29 is 4.74 Å². The maximum Gasteiger partial charge on any atom is 0.188 e. The van der Waals surface area contributed by atoms with E-state index in [9.17, 15) is 0 Å². The Morgan fingerprint density at radius 2 is 1.96 bits per heavy atom. The van der Waals surface area contributed by atoms with Crippen LogP contribution in [-0.4, -0.2) is 81.8 Å². The third-order valence-corrected chi connectivity index (χ3v) is 5.37. The van der Waals surface area contributed by atoms with Gasteiger partial charge in [-0.25, -0.2) is 0 Å². The van der Waals surface area contributed by atoms with Crippen molar-refractivity contribution in [3.05, 3.63) is 0 Å². The third kappa shape index (κ3) is 6.95. The predicted molar refractivity (Wildman–Crippen MR) is 100 cm³/mol. The van der Waals surface area contributed by atoms with Crippen LogP contribution in [0.5, 0.6) is 0 Å². The molecule has 0 aromatic rings. The minimum atomic E-state index is 0.513. The highest BCUT2D eigenvalue weighted by atomic mass is 16.5. The van der Waals surface area contributed by atoms with Crippen molar-refractivity contribution in [2.75, 3.05) is 60.0 Å². The summed E-state index contributed by atoms with van der Waals surface area (Å²) in [6, 6.07) is 0.513. The molecule has 0 aromatic carbocycles. The number of nitrogens with two attached hydrogens (primary N) is 1. The van der Waals surface area contributed by atoms with Gasteiger partial charge in [0.05, 0.1) is 19.8 Å². The molecule has 1 atom stereocenters. The molecule has 0 spiro atoms. The van der Waals surface area contributed by atoms with Crippen LogP contribution >= 0.6 is 0 Å². The second kappa shape index (κ2) is 10.9. The standard InChI is InChI=1S/C18H37N5O/c1-22(2)17(16-7-4-3-5-8-16)15-21-18(19)20-9-6-10-23-11-13-24-14-12-23/h16-17H,3-15H2,1-2H3,(H3,19,20,21). The number of nitrogens with one attached hydrogen (secondary N) is 1. The van der Waals surface area contributed by atoms with Gasteiger partial charge in [0.25, 0.3) is 0 Å². The number of hydrogen-bond donors (Lipinski definition) is 2. The molecule has 6 heteroatoms. The molecule has 0 bridgehead atoms. The van der Waals surface area contributed by atoms with Crippen molar-refractivity contribution >= 4 is 5.96 Å². The van der Waals surface area contributed by atoms with Crippen LogP contribution in [0.1, 0.15) is 38.5 Å². The number of likely N-dealkylation sites (N-methyl/N-ethyl adjacent to an activating group) is 1. The van der Waals surface area contributed by atoms with Crippen LogP contribution in [-0.2, 0) is 4.74 Å². The molecular formula is C18H37N5O. The second-order valence-corrected chi connectivity index (χ2v) is 7.39. The molecule has 0 amide bonds. The van der Waals surface area contributed by atoms with Gasteiger partial charge in [-0.05, 0) is 45.8 Å². The molecule has 1 heterocycles. The summed E-state index contributed by atoms with van der Waals surface area (Å²) >= 11 is 0. The van der Waals surface area contributed by atoms with Crippen LogP contribution in [0.3, 0.4) is 0 Å². The monoisotopic (exact) mass is 339 g/mol. The van der Waals surface area contributed by atoms with Crippen molar-refractivity contribution in [1.82, 2.24) is 15.1 Å². The average molecular weight is 340 g/mol. The number of aliphatic imine (C=N–C) groups is 1. The summed E-state index contributed by atoms with van der Waals surface area (Å²) in [5.74, 6) is 1.37. The Hall–Kier alpha value is -0.850. The Bertz CT molecular complexity index is 362. The molecular weight excluding hydrogens is 302 g/mol. The first-order chi connectivity index (χ1) is 11.7. The molecule has 0 radical (unpaired) electrons. The lowest BCUT2D eigenvalue weighted by molar-refractivity contribution is 0.0376. The van der Waals surface area contributed by atoms with Gasteiger partial charge in [-0.2, -0.15) is 0 Å². The van der Waals surface area contributed by atoms with E-state index in [4.69, 9.17) is 10.5 Å². The van der Waals surface area contributed by atoms with Gasteiger partial charge in [-0.15, -0.1) is 0 Å². The van der Waals surface area contributed by atoms with E-state index < -0.39 is 0 Å². The fraction of sp³-hybridized carbons (Fsp3) is 0.944. The van der Waals surface area contributed by atoms with E-state index in [1.807, 2.05) is 0 Å². The zero-order valence-electron chi connectivity index (χ0n) is 15.7. The summed E-state index contributed by atoms with van der Waals surface area (Å²) < 4.78 is 5.37. The SMILES string of the molecule is CN(C)C(CN=C(N)NCCCN1CCOCC1)C1CCCCC1. The molecule has 2 aliphatic rings. The fourth-order valence-corrected chi connectivity index (χ4v) is 3.84. The fourth-order valence-electron chi connectivity index (χ4n) is 3.84. The number of nitrogens with zero attached hydrogens (tertiary/aromatic N) is 3. The van der Waals surface area contributed by atoms with Gasteiger partial charge in [0.2, 0.25) is 0 Å². The Morgan fingerprint density at radius 1 is 1.25 bits per heavy atom. The molecule has 2 rings (SSSR count). The Kier molecular flexibility index (Phi) is 8.84. The molecule has 1 saturated heterocycles. The van der Waals surface area contributed by atoms with Crippen molar-refractivity contribution in [2.45, 2.75) is 44.6 Å². The second-order valence-electron chi connectivity index (χ2n) is 7.39. The number of ether oxygens (including phenoxy) is 1. The van der Waals surface area contributed by atoms with Crippen LogP contribution in [0, 0.1) is 5.92 Å². The molecule has 2 fully saturated rings. The van der Waals surface area contributed by atoms with Gasteiger partial charge in [0, 0.05) is 25.7 Å². The Morgan fingerprint density at radius 3 is 2.62 bits per heavy atom. The first-order valence-electron chi connectivity index (χ1n) is 9.67. The highest BCUT2D eigenvalue weighted by molar-refractivity contribution is 5.77. The maximum atomic E-state index is 6.06. The summed E-state index contributed by atoms with van der Waals surface area (Å²) in [6.07, 6.45) is 7.90. The lowest BCUT2D eigenvalue weighted by Gasteiger charge is -2.33. The number of morpholine rings is 1. The zero-order valence-corrected chi connectivity index (χ0v) is 15.7. The molecule has 1 unspecified atom stereocenters. The Labute approximate surface area is 147 Å². The molecule has 1 saturated carbocycles. The van der Waals surface area contributed by atoms with Gasteiger partial charge in [0.1, 0.15) is 0 Å². The predicted octanol–water partition coefficient (Wildman–Crippen LogP) is 1.12. The van der Waals surface area contributed by atoms with Crippen LogP contribution in [0.2, 0.25) is 0 Å². The summed E-state index contributed by atoms with van der Waals surface area (Å²) in [7, 11) is 4.33. The van der Waals surface area contributed by atoms with Crippen molar-refractivity contribution in [3.8, 4) is 0 Å². The number of guanidine groups is 1. The van der Waals surface area contributed by atoms with Gasteiger partial charge in [0.15, 0.2) is 5.96 Å². The topological polar surface area (TPSA) is 66.1 Å². The molecule has 24 heavy (non-hydrogen) atoms. The van der Waals surface area contributed by atoms with E-state index >= 15 is 0 Å². The molecule has 1 aliphatic carbocycles. The van der Waals surface area contributed by atoms with Crippen LogP contribution in [0.25, 0.3) is 0 Å². The lowest BCUT2D eigenvalue weighted by atomic mass is 9.83. The quantitative estimate of drug-likeness (QED) is 0.394. The number of rotatable bonds is 8. The number of hydrogen-bond acceptors (Lipinski definition) is 4. The van der Waals surface area contributed by atoms with E-state index in [0.717, 1.165) is 58.3 Å². The molecule has 6 nitrogen and oxygen atoms in total. The molecule has 0 aromatic heterocycles. The van der Waals surface area contributed by atoms with E-state index in [2.05, 4.69) is 34.2 Å². The van der Waals surface area contributed by atoms with E-state index in [1.54, 1.807) is 0 Å². The first-order valence-corrected chi connectivity index (χ1v) is 9.67. The minimum absolute atomic E-state index is 0.513. The highest BCUT2D eigenvalue weighted by Crippen LogP contribution is 2.28. The smallest absolute Gasteiger partial charge is 0.188 e. The van der Waals surface area contributed by atoms with Gasteiger partial charge >= 0.3 is 0 Å². The van der Waals surface area contributed by atoms with Crippen LogP contribution in [0.15, 0.2) is 4.99 Å². The van der Waals surface area contributed by atoms with Crippen molar-refractivity contribution in [3.63, 3.8) is 0 Å².